The number of carbonyl (C=O) groups excluding carboxylic acids is 2. The van der Waals surface area contributed by atoms with Crippen LogP contribution in [-0.2, 0) is 11.1 Å². The fourth-order valence-electron chi connectivity index (χ4n) is 3.33. The number of amides is 2. The zero-order chi connectivity index (χ0) is 22.1. The van der Waals surface area contributed by atoms with Gasteiger partial charge in [0.15, 0.2) is 0 Å². The molecular weight excluding hydrogens is 385 g/mol. The summed E-state index contributed by atoms with van der Waals surface area (Å²) in [5, 5.41) is 5.98. The molecule has 0 unspecified atom stereocenters. The number of benzene rings is 3. The molecule has 6 heteroatoms. The van der Waals surface area contributed by atoms with Gasteiger partial charge in [0, 0.05) is 18.9 Å². The van der Waals surface area contributed by atoms with E-state index in [4.69, 9.17) is 0 Å². The van der Waals surface area contributed by atoms with Crippen molar-refractivity contribution in [1.29, 1.82) is 0 Å². The Kier molecular flexibility index (Phi) is 7.65. The van der Waals surface area contributed by atoms with E-state index in [2.05, 4.69) is 66.0 Å². The summed E-state index contributed by atoms with van der Waals surface area (Å²) in [6.45, 7) is 2.11. The molecule has 0 bridgehead atoms. The Hall–Kier alpha value is -3.80. The van der Waals surface area contributed by atoms with E-state index in [1.54, 1.807) is 7.05 Å². The van der Waals surface area contributed by atoms with Gasteiger partial charge in [-0.1, -0.05) is 59.7 Å². The molecule has 0 aromatic heterocycles. The normalized spacial score (nSPS) is 10.5. The van der Waals surface area contributed by atoms with Gasteiger partial charge in [0.25, 0.3) is 0 Å². The first-order valence-electron chi connectivity index (χ1n) is 10.2. The van der Waals surface area contributed by atoms with Crippen molar-refractivity contribution in [3.8, 4) is 11.1 Å². The smallest absolute Gasteiger partial charge is 0.325 e. The molecule has 3 aromatic rings. The van der Waals surface area contributed by atoms with Gasteiger partial charge in [-0.3, -0.25) is 9.69 Å². The minimum Gasteiger partial charge on any atom is -0.431 e. The lowest BCUT2D eigenvalue weighted by atomic mass is 9.83. The molecule has 31 heavy (non-hydrogen) atoms. The third-order valence-corrected chi connectivity index (χ3v) is 4.91. The van der Waals surface area contributed by atoms with Crippen LogP contribution in [0.5, 0.6) is 0 Å². The van der Waals surface area contributed by atoms with Crippen LogP contribution in [0, 0.1) is 6.92 Å². The van der Waals surface area contributed by atoms with Crippen molar-refractivity contribution in [1.82, 2.24) is 5.32 Å². The SMILES string of the molecule is CNC(=O)N(/C=C\C=O)c1ccc(NBCc2cccc(-c3cccc(C)c3)c2)cc1. The Morgan fingerprint density at radius 3 is 2.39 bits per heavy atom. The highest BCUT2D eigenvalue weighted by Crippen LogP contribution is 2.22. The first-order chi connectivity index (χ1) is 15.1. The number of allylic oxidation sites excluding steroid dienone is 1. The van der Waals surface area contributed by atoms with Crippen LogP contribution in [0.1, 0.15) is 11.1 Å². The molecule has 0 spiro atoms. The van der Waals surface area contributed by atoms with E-state index in [0.29, 0.717) is 12.0 Å². The molecular formula is C25H26BN3O2. The summed E-state index contributed by atoms with van der Waals surface area (Å²) in [4.78, 5) is 24.0. The van der Waals surface area contributed by atoms with Crippen LogP contribution < -0.4 is 15.4 Å². The Balaban J connectivity index is 1.61. The third kappa shape index (κ3) is 6.09. The lowest BCUT2D eigenvalue weighted by Crippen LogP contribution is -2.34. The van der Waals surface area contributed by atoms with Gasteiger partial charge >= 0.3 is 6.03 Å². The van der Waals surface area contributed by atoms with E-state index in [9.17, 15) is 9.59 Å². The summed E-state index contributed by atoms with van der Waals surface area (Å²) in [5.41, 5.74) is 6.62. The number of nitrogens with zero attached hydrogens (tertiary/aromatic N) is 1. The molecule has 3 rings (SSSR count). The van der Waals surface area contributed by atoms with Gasteiger partial charge in [-0.05, 0) is 54.7 Å². The summed E-state index contributed by atoms with van der Waals surface area (Å²) in [7, 11) is 2.34. The number of anilines is 2. The van der Waals surface area contributed by atoms with Gasteiger partial charge in [-0.25, -0.2) is 4.79 Å². The number of hydrogen-bond acceptors (Lipinski definition) is 3. The average molecular weight is 411 g/mol. The average Bonchev–Trinajstić information content (AvgIpc) is 2.80. The second kappa shape index (κ2) is 10.8. The van der Waals surface area contributed by atoms with E-state index in [1.165, 1.54) is 39.4 Å². The van der Waals surface area contributed by atoms with Crippen LogP contribution >= 0.6 is 0 Å². The van der Waals surface area contributed by atoms with Crippen molar-refractivity contribution < 1.29 is 9.59 Å². The molecule has 3 aromatic carbocycles. The topological polar surface area (TPSA) is 61.4 Å². The molecule has 0 saturated heterocycles. The highest BCUT2D eigenvalue weighted by atomic mass is 16.2. The molecule has 5 nitrogen and oxygen atoms in total. The highest BCUT2D eigenvalue weighted by Gasteiger charge is 2.11. The molecule has 0 radical (unpaired) electrons. The molecule has 0 aliphatic carbocycles. The summed E-state index contributed by atoms with van der Waals surface area (Å²) in [5.74, 6) is 0. The zero-order valence-electron chi connectivity index (χ0n) is 17.8. The van der Waals surface area contributed by atoms with Crippen LogP contribution in [0.2, 0.25) is 0 Å². The van der Waals surface area contributed by atoms with E-state index < -0.39 is 0 Å². The Morgan fingerprint density at radius 2 is 1.71 bits per heavy atom. The zero-order valence-corrected chi connectivity index (χ0v) is 17.8. The number of aldehydes is 1. The van der Waals surface area contributed by atoms with Gasteiger partial charge in [-0.15, -0.1) is 0 Å². The standard InChI is InChI=1S/C25H26BN3O2/c1-19-6-3-8-21(16-19)22-9-4-7-20(17-22)18-26-28-23-10-12-24(13-11-23)29(14-5-15-30)25(31)27-2/h3-17,26,28H,18H2,1-2H3,(H,27,31)/b14-5-. The number of carbonyl (C=O) groups is 2. The summed E-state index contributed by atoms with van der Waals surface area (Å²) < 4.78 is 0. The first-order valence-corrected chi connectivity index (χ1v) is 10.2. The number of rotatable bonds is 8. The monoisotopic (exact) mass is 411 g/mol. The summed E-state index contributed by atoms with van der Waals surface area (Å²) in [6.07, 6.45) is 4.26. The van der Waals surface area contributed by atoms with Crippen molar-refractivity contribution >= 4 is 31.1 Å². The van der Waals surface area contributed by atoms with Gasteiger partial charge in [0.1, 0.15) is 6.29 Å². The van der Waals surface area contributed by atoms with Crippen LogP contribution in [-0.4, -0.2) is 26.8 Å². The van der Waals surface area contributed by atoms with Gasteiger partial charge in [0.2, 0.25) is 7.41 Å². The van der Waals surface area contributed by atoms with Gasteiger partial charge < -0.3 is 10.5 Å². The minimum absolute atomic E-state index is 0.313. The van der Waals surface area contributed by atoms with Crippen LogP contribution in [0.3, 0.4) is 0 Å². The molecule has 156 valence electrons. The van der Waals surface area contributed by atoms with Gasteiger partial charge in [0.05, 0.1) is 5.69 Å². The summed E-state index contributed by atoms with van der Waals surface area (Å²) >= 11 is 0. The Labute approximate surface area is 184 Å². The van der Waals surface area contributed by atoms with Crippen LogP contribution in [0.4, 0.5) is 16.2 Å². The predicted octanol–water partition coefficient (Wildman–Crippen LogP) is 4.48. The lowest BCUT2D eigenvalue weighted by Gasteiger charge is -2.18. The maximum atomic E-state index is 12.0. The Morgan fingerprint density at radius 1 is 1.00 bits per heavy atom. The number of aryl methyl sites for hydroxylation is 1. The molecule has 0 aliphatic rings. The lowest BCUT2D eigenvalue weighted by molar-refractivity contribution is -0.104. The van der Waals surface area contributed by atoms with E-state index >= 15 is 0 Å². The number of hydrogen-bond donors (Lipinski definition) is 2. The molecule has 0 fully saturated rings. The fraction of sp³-hybridized carbons (Fsp3) is 0.120. The molecule has 2 amide bonds. The largest absolute Gasteiger partial charge is 0.431 e. The van der Waals surface area contributed by atoms with Crippen molar-refractivity contribution in [3.05, 3.63) is 96.2 Å². The highest BCUT2D eigenvalue weighted by molar-refractivity contribution is 6.39. The molecule has 0 heterocycles. The third-order valence-electron chi connectivity index (χ3n) is 4.91. The van der Waals surface area contributed by atoms with Crippen molar-refractivity contribution in [2.45, 2.75) is 13.2 Å². The number of nitrogens with one attached hydrogen (secondary N) is 2. The minimum atomic E-state index is -0.313. The van der Waals surface area contributed by atoms with Crippen LogP contribution in [0.15, 0.2) is 85.1 Å². The predicted molar refractivity (Wildman–Crippen MR) is 130 cm³/mol. The second-order valence-corrected chi connectivity index (χ2v) is 7.20. The quantitative estimate of drug-likeness (QED) is 0.326. The van der Waals surface area contributed by atoms with E-state index in [0.717, 1.165) is 19.4 Å². The number of urea groups is 1. The molecule has 0 atom stereocenters. The molecule has 2 N–H and O–H groups in total. The van der Waals surface area contributed by atoms with E-state index in [1.807, 2.05) is 24.3 Å². The van der Waals surface area contributed by atoms with Gasteiger partial charge in [-0.2, -0.15) is 0 Å². The van der Waals surface area contributed by atoms with Crippen molar-refractivity contribution in [2.24, 2.45) is 0 Å². The van der Waals surface area contributed by atoms with E-state index in [-0.39, 0.29) is 6.03 Å². The maximum absolute atomic E-state index is 12.0. The van der Waals surface area contributed by atoms with Crippen molar-refractivity contribution in [3.63, 3.8) is 0 Å². The molecule has 0 saturated carbocycles. The van der Waals surface area contributed by atoms with Crippen molar-refractivity contribution in [2.75, 3.05) is 17.2 Å². The summed E-state index contributed by atoms with van der Waals surface area (Å²) in [6, 6.07) is 24.4. The Bertz CT molecular complexity index is 1060. The first kappa shape index (κ1) is 21.9. The second-order valence-electron chi connectivity index (χ2n) is 7.20. The van der Waals surface area contributed by atoms with Crippen LogP contribution in [0.25, 0.3) is 11.1 Å². The fourth-order valence-corrected chi connectivity index (χ4v) is 3.33. The molecule has 0 aliphatic heterocycles. The maximum Gasteiger partial charge on any atom is 0.325 e.